The van der Waals surface area contributed by atoms with E-state index in [1.165, 1.54) is 23.4 Å². The van der Waals surface area contributed by atoms with Crippen molar-refractivity contribution in [2.75, 3.05) is 11.9 Å². The summed E-state index contributed by atoms with van der Waals surface area (Å²) in [4.78, 5) is 14.5. The molecular weight excluding hydrogens is 338 g/mol. The van der Waals surface area contributed by atoms with Crippen molar-refractivity contribution in [3.05, 3.63) is 58.7 Å². The second kappa shape index (κ2) is 7.06. The molecule has 27 heavy (non-hydrogen) atoms. The van der Waals surface area contributed by atoms with Gasteiger partial charge in [-0.1, -0.05) is 6.92 Å². The fraction of sp³-hybridized carbons (Fsp3) is 0.364. The van der Waals surface area contributed by atoms with Crippen LogP contribution in [0.25, 0.3) is 0 Å². The highest BCUT2D eigenvalue weighted by Crippen LogP contribution is 2.43. The molecule has 0 saturated carbocycles. The smallest absolute Gasteiger partial charge is 0.271 e. The Balaban J connectivity index is 1.80. The van der Waals surface area contributed by atoms with Gasteiger partial charge in [-0.05, 0) is 86.2 Å². The van der Waals surface area contributed by atoms with Crippen molar-refractivity contribution in [3.8, 4) is 5.75 Å². The number of phenolic OH excluding ortho intramolecular Hbond substituents is 1. The Morgan fingerprint density at radius 2 is 1.96 bits per heavy atom. The number of hydrogen-bond donors (Lipinski definition) is 2. The molecule has 0 aromatic heterocycles. The Kier molecular flexibility index (Phi) is 4.96. The van der Waals surface area contributed by atoms with E-state index in [9.17, 15) is 9.90 Å². The number of fused-ring (bicyclic) bond motifs is 1. The van der Waals surface area contributed by atoms with E-state index in [-0.39, 0.29) is 17.2 Å². The lowest BCUT2D eigenvalue weighted by atomic mass is 9.79. The molecule has 5 nitrogen and oxygen atoms in total. The predicted octanol–water partition coefficient (Wildman–Crippen LogP) is 4.19. The van der Waals surface area contributed by atoms with Gasteiger partial charge in [0.25, 0.3) is 5.91 Å². The van der Waals surface area contributed by atoms with Gasteiger partial charge in [-0.25, -0.2) is 5.43 Å². The molecule has 1 heterocycles. The lowest BCUT2D eigenvalue weighted by molar-refractivity contribution is 0.0955. The van der Waals surface area contributed by atoms with Gasteiger partial charge in [0.05, 0.1) is 6.21 Å². The fourth-order valence-corrected chi connectivity index (χ4v) is 3.71. The molecule has 1 atom stereocenters. The third kappa shape index (κ3) is 3.82. The van der Waals surface area contributed by atoms with E-state index >= 15 is 0 Å². The number of carbonyl (C=O) groups excluding carboxylic acids is 1. The quantitative estimate of drug-likeness (QED) is 0.633. The van der Waals surface area contributed by atoms with Crippen LogP contribution in [0.4, 0.5) is 5.69 Å². The van der Waals surface area contributed by atoms with Gasteiger partial charge < -0.3 is 10.0 Å². The topological polar surface area (TPSA) is 64.9 Å². The number of nitrogens with one attached hydrogen (secondary N) is 1. The molecule has 142 valence electrons. The molecule has 2 N–H and O–H groups in total. The first-order valence-electron chi connectivity index (χ1n) is 9.20. The monoisotopic (exact) mass is 365 g/mol. The first-order chi connectivity index (χ1) is 12.7. The summed E-state index contributed by atoms with van der Waals surface area (Å²) in [6.45, 7) is 8.87. The molecule has 0 spiro atoms. The maximum atomic E-state index is 12.1. The third-order valence-electron chi connectivity index (χ3n) is 5.52. The average Bonchev–Trinajstić information content (AvgIpc) is 2.61. The maximum absolute atomic E-state index is 12.1. The van der Waals surface area contributed by atoms with Crippen molar-refractivity contribution < 1.29 is 9.90 Å². The zero-order valence-corrected chi connectivity index (χ0v) is 16.6. The molecule has 5 heteroatoms. The van der Waals surface area contributed by atoms with Crippen LogP contribution in [-0.4, -0.2) is 29.8 Å². The SMILES string of the molecule is Cc1cc2c(cc1/C=N/NC(=O)c1ccc(O)cc1)C(C)CC(C)(C)N2C. The van der Waals surface area contributed by atoms with Crippen molar-refractivity contribution in [2.45, 2.75) is 45.6 Å². The summed E-state index contributed by atoms with van der Waals surface area (Å²) in [5.74, 6) is 0.282. The fourth-order valence-electron chi connectivity index (χ4n) is 3.71. The van der Waals surface area contributed by atoms with E-state index < -0.39 is 0 Å². The van der Waals surface area contributed by atoms with Gasteiger partial charge in [0.15, 0.2) is 0 Å². The molecule has 1 amide bonds. The Hall–Kier alpha value is -2.82. The Morgan fingerprint density at radius 3 is 2.63 bits per heavy atom. The van der Waals surface area contributed by atoms with Crippen molar-refractivity contribution >= 4 is 17.8 Å². The van der Waals surface area contributed by atoms with E-state index in [2.05, 4.69) is 62.3 Å². The van der Waals surface area contributed by atoms with Gasteiger partial charge in [0.2, 0.25) is 0 Å². The van der Waals surface area contributed by atoms with Crippen LogP contribution in [0.5, 0.6) is 5.75 Å². The summed E-state index contributed by atoms with van der Waals surface area (Å²) in [6, 6.07) is 10.5. The van der Waals surface area contributed by atoms with Gasteiger partial charge in [0.1, 0.15) is 5.75 Å². The highest BCUT2D eigenvalue weighted by Gasteiger charge is 2.34. The normalized spacial score (nSPS) is 18.4. The molecule has 0 bridgehead atoms. The van der Waals surface area contributed by atoms with Crippen LogP contribution in [-0.2, 0) is 0 Å². The number of benzene rings is 2. The van der Waals surface area contributed by atoms with Crippen molar-refractivity contribution in [2.24, 2.45) is 5.10 Å². The number of aryl methyl sites for hydroxylation is 1. The lowest BCUT2D eigenvalue weighted by Crippen LogP contribution is -2.45. The molecule has 1 unspecified atom stereocenters. The van der Waals surface area contributed by atoms with Crippen LogP contribution in [0.1, 0.15) is 60.2 Å². The first-order valence-corrected chi connectivity index (χ1v) is 9.20. The summed E-state index contributed by atoms with van der Waals surface area (Å²) in [7, 11) is 2.15. The number of anilines is 1. The summed E-state index contributed by atoms with van der Waals surface area (Å²) in [5, 5.41) is 13.4. The molecule has 0 aliphatic carbocycles. The molecule has 1 aliphatic rings. The van der Waals surface area contributed by atoms with E-state index in [1.54, 1.807) is 18.3 Å². The summed E-state index contributed by atoms with van der Waals surface area (Å²) >= 11 is 0. The van der Waals surface area contributed by atoms with E-state index in [1.807, 2.05) is 0 Å². The number of rotatable bonds is 3. The highest BCUT2D eigenvalue weighted by atomic mass is 16.3. The van der Waals surface area contributed by atoms with E-state index in [4.69, 9.17) is 0 Å². The molecule has 1 aliphatic heterocycles. The van der Waals surface area contributed by atoms with Gasteiger partial charge in [0, 0.05) is 23.8 Å². The van der Waals surface area contributed by atoms with Gasteiger partial charge in [-0.3, -0.25) is 4.79 Å². The summed E-state index contributed by atoms with van der Waals surface area (Å²) in [5.41, 5.74) is 7.82. The standard InChI is InChI=1S/C22H27N3O2/c1-14-10-20-19(15(2)12-22(3,4)25(20)5)11-17(14)13-23-24-21(27)16-6-8-18(26)9-7-16/h6-11,13,15,26H,12H2,1-5H3,(H,24,27)/b23-13+. The largest absolute Gasteiger partial charge is 0.508 e. The number of phenols is 1. The Morgan fingerprint density at radius 1 is 1.30 bits per heavy atom. The minimum Gasteiger partial charge on any atom is -0.508 e. The second-order valence-electron chi connectivity index (χ2n) is 7.99. The molecule has 0 radical (unpaired) electrons. The number of carbonyl (C=O) groups is 1. The summed E-state index contributed by atoms with van der Waals surface area (Å²) < 4.78 is 0. The molecular formula is C22H27N3O2. The van der Waals surface area contributed by atoms with Crippen LogP contribution in [0, 0.1) is 6.92 Å². The molecule has 2 aromatic carbocycles. The van der Waals surface area contributed by atoms with Crippen LogP contribution < -0.4 is 10.3 Å². The lowest BCUT2D eigenvalue weighted by Gasteiger charge is -2.45. The van der Waals surface area contributed by atoms with Crippen molar-refractivity contribution in [3.63, 3.8) is 0 Å². The van der Waals surface area contributed by atoms with E-state index in [0.29, 0.717) is 11.5 Å². The van der Waals surface area contributed by atoms with E-state index in [0.717, 1.165) is 17.5 Å². The van der Waals surface area contributed by atoms with Crippen LogP contribution in [0.15, 0.2) is 41.5 Å². The molecule has 2 aromatic rings. The zero-order chi connectivity index (χ0) is 19.8. The van der Waals surface area contributed by atoms with Gasteiger partial charge >= 0.3 is 0 Å². The minimum atomic E-state index is -0.309. The average molecular weight is 365 g/mol. The van der Waals surface area contributed by atoms with Crippen LogP contribution in [0.2, 0.25) is 0 Å². The number of amides is 1. The molecule has 0 saturated heterocycles. The second-order valence-corrected chi connectivity index (χ2v) is 7.99. The number of aromatic hydroxyl groups is 1. The Labute approximate surface area is 160 Å². The van der Waals surface area contributed by atoms with Gasteiger partial charge in [-0.2, -0.15) is 5.10 Å². The minimum absolute atomic E-state index is 0.127. The van der Waals surface area contributed by atoms with Crippen LogP contribution in [0.3, 0.4) is 0 Å². The van der Waals surface area contributed by atoms with Crippen molar-refractivity contribution in [1.82, 2.24) is 5.43 Å². The third-order valence-corrected chi connectivity index (χ3v) is 5.52. The highest BCUT2D eigenvalue weighted by molar-refractivity contribution is 5.95. The number of hydrogen-bond acceptors (Lipinski definition) is 4. The Bertz CT molecular complexity index is 885. The van der Waals surface area contributed by atoms with Crippen molar-refractivity contribution in [1.29, 1.82) is 0 Å². The maximum Gasteiger partial charge on any atom is 0.271 e. The van der Waals surface area contributed by atoms with Crippen LogP contribution >= 0.6 is 0 Å². The molecule has 0 fully saturated rings. The van der Waals surface area contributed by atoms with Gasteiger partial charge in [-0.15, -0.1) is 0 Å². The summed E-state index contributed by atoms with van der Waals surface area (Å²) in [6.07, 6.45) is 2.79. The number of hydrazone groups is 1. The predicted molar refractivity (Wildman–Crippen MR) is 110 cm³/mol. The molecule has 3 rings (SSSR count). The first kappa shape index (κ1) is 19.0. The number of nitrogens with zero attached hydrogens (tertiary/aromatic N) is 2. The zero-order valence-electron chi connectivity index (χ0n) is 16.6.